The van der Waals surface area contributed by atoms with Crippen LogP contribution in [0.5, 0.6) is 0 Å². The van der Waals surface area contributed by atoms with E-state index in [-0.39, 0.29) is 22.9 Å². The van der Waals surface area contributed by atoms with Crippen LogP contribution in [0.3, 0.4) is 0 Å². The van der Waals surface area contributed by atoms with Gasteiger partial charge >= 0.3 is 0 Å². The molecule has 4 fully saturated rings. The van der Waals surface area contributed by atoms with Crippen LogP contribution in [0.25, 0.3) is 0 Å². The van der Waals surface area contributed by atoms with Crippen molar-refractivity contribution in [1.29, 1.82) is 0 Å². The van der Waals surface area contributed by atoms with Crippen LogP contribution in [0.15, 0.2) is 0 Å². The van der Waals surface area contributed by atoms with E-state index < -0.39 is 0 Å². The fourth-order valence-electron chi connectivity index (χ4n) is 6.77. The van der Waals surface area contributed by atoms with Gasteiger partial charge in [-0.15, -0.1) is 0 Å². The van der Waals surface area contributed by atoms with Crippen molar-refractivity contribution in [2.75, 3.05) is 0 Å². The van der Waals surface area contributed by atoms with E-state index in [1.165, 1.54) is 0 Å². The Labute approximate surface area is 132 Å². The average Bonchev–Trinajstić information content (AvgIpc) is 2.76. The van der Waals surface area contributed by atoms with Gasteiger partial charge in [-0.2, -0.15) is 0 Å². The van der Waals surface area contributed by atoms with Gasteiger partial charge < -0.3 is 5.11 Å². The second kappa shape index (κ2) is 4.66. The topological polar surface area (TPSA) is 54.4 Å². The number of hydrogen-bond donors (Lipinski definition) is 1. The van der Waals surface area contributed by atoms with Crippen LogP contribution in [0, 0.1) is 34.5 Å². The summed E-state index contributed by atoms with van der Waals surface area (Å²) in [5.41, 5.74) is -0.0402. The smallest absolute Gasteiger partial charge is 0.136 e. The molecular formula is C19H28O3. The molecule has 4 aliphatic carbocycles. The molecule has 0 aromatic heterocycles. The lowest BCUT2D eigenvalue weighted by molar-refractivity contribution is -0.161. The molecule has 4 aliphatic rings. The van der Waals surface area contributed by atoms with Crippen molar-refractivity contribution in [2.24, 2.45) is 34.5 Å². The van der Waals surface area contributed by atoms with Crippen LogP contribution in [0.1, 0.15) is 65.2 Å². The van der Waals surface area contributed by atoms with Crippen molar-refractivity contribution in [3.8, 4) is 0 Å². The maximum absolute atomic E-state index is 12.9. The Morgan fingerprint density at radius 2 is 1.73 bits per heavy atom. The molecule has 0 spiro atoms. The highest BCUT2D eigenvalue weighted by atomic mass is 16.3. The first kappa shape index (κ1) is 14.9. The average molecular weight is 304 g/mol. The Kier molecular flexibility index (Phi) is 3.15. The second-order valence-corrected chi connectivity index (χ2v) is 9.00. The molecule has 0 aliphatic heterocycles. The number of hydrogen-bond acceptors (Lipinski definition) is 3. The molecule has 0 heterocycles. The molecule has 3 heteroatoms. The molecule has 0 radical (unpaired) electrons. The maximum Gasteiger partial charge on any atom is 0.136 e. The lowest BCUT2D eigenvalue weighted by Gasteiger charge is -2.58. The van der Waals surface area contributed by atoms with Gasteiger partial charge in [-0.1, -0.05) is 13.8 Å². The summed E-state index contributed by atoms with van der Waals surface area (Å²) in [7, 11) is 0. The first-order chi connectivity index (χ1) is 10.4. The number of ketones is 2. The third-order valence-electron chi connectivity index (χ3n) is 8.17. The zero-order valence-corrected chi connectivity index (χ0v) is 13.8. The lowest BCUT2D eigenvalue weighted by Crippen LogP contribution is -2.57. The van der Waals surface area contributed by atoms with Gasteiger partial charge in [-0.05, 0) is 60.7 Å². The zero-order chi connectivity index (χ0) is 15.7. The highest BCUT2D eigenvalue weighted by Crippen LogP contribution is 2.64. The monoisotopic (exact) mass is 304 g/mol. The highest BCUT2D eigenvalue weighted by Gasteiger charge is 2.62. The van der Waals surface area contributed by atoms with Gasteiger partial charge in [0.25, 0.3) is 0 Å². The first-order valence-corrected chi connectivity index (χ1v) is 9.09. The molecule has 4 rings (SSSR count). The Hall–Kier alpha value is -0.700. The number of carbonyl (C=O) groups excluding carboxylic acids is 2. The van der Waals surface area contributed by atoms with E-state index >= 15 is 0 Å². The minimum atomic E-state index is -0.246. The number of Topliss-reactive ketones (excluding diaryl/α,β-unsaturated/α-hetero) is 2. The Morgan fingerprint density at radius 3 is 2.50 bits per heavy atom. The summed E-state index contributed by atoms with van der Waals surface area (Å²) in [5, 5.41) is 10.4. The standard InChI is InChI=1S/C19H28O3/c1-18-8-7-14-17(13(18)5-6-16(18)22)15(21)9-11-3-4-12(20)10-19(11,14)2/h11,13-14,16-17,22H,3-10H2,1-2H3/t11-,13+,14-,16+,17-,18+,19+/m1/s1. The predicted octanol–water partition coefficient (Wildman–Crippen LogP) is 3.14. The van der Waals surface area contributed by atoms with E-state index in [9.17, 15) is 14.7 Å². The van der Waals surface area contributed by atoms with Crippen molar-refractivity contribution in [3.05, 3.63) is 0 Å². The maximum atomic E-state index is 12.9. The Morgan fingerprint density at radius 1 is 1.00 bits per heavy atom. The second-order valence-electron chi connectivity index (χ2n) is 9.00. The highest BCUT2D eigenvalue weighted by molar-refractivity contribution is 5.86. The van der Waals surface area contributed by atoms with E-state index in [1.54, 1.807) is 0 Å². The van der Waals surface area contributed by atoms with Crippen molar-refractivity contribution < 1.29 is 14.7 Å². The molecule has 0 bridgehead atoms. The fraction of sp³-hybridized carbons (Fsp3) is 0.895. The molecule has 4 saturated carbocycles. The third kappa shape index (κ3) is 1.78. The number of rotatable bonds is 0. The van der Waals surface area contributed by atoms with Gasteiger partial charge in [0.05, 0.1) is 6.10 Å². The Bertz CT molecular complexity index is 527. The van der Waals surface area contributed by atoms with E-state index in [2.05, 4.69) is 13.8 Å². The largest absolute Gasteiger partial charge is 0.393 e. The van der Waals surface area contributed by atoms with Crippen molar-refractivity contribution in [3.63, 3.8) is 0 Å². The van der Waals surface area contributed by atoms with Gasteiger partial charge in [0, 0.05) is 25.2 Å². The summed E-state index contributed by atoms with van der Waals surface area (Å²) in [5.74, 6) is 2.05. The van der Waals surface area contributed by atoms with E-state index in [1.807, 2.05) is 0 Å². The van der Waals surface area contributed by atoms with Crippen LogP contribution in [0.2, 0.25) is 0 Å². The summed E-state index contributed by atoms with van der Waals surface area (Å²) in [6.07, 6.45) is 6.55. The minimum Gasteiger partial charge on any atom is -0.393 e. The molecule has 0 aromatic carbocycles. The molecule has 3 nitrogen and oxygen atoms in total. The van der Waals surface area contributed by atoms with Crippen LogP contribution in [0.4, 0.5) is 0 Å². The molecule has 1 N–H and O–H groups in total. The van der Waals surface area contributed by atoms with E-state index in [4.69, 9.17) is 0 Å². The minimum absolute atomic E-state index is 0.0305. The van der Waals surface area contributed by atoms with Crippen molar-refractivity contribution >= 4 is 11.6 Å². The van der Waals surface area contributed by atoms with Gasteiger partial charge in [0.2, 0.25) is 0 Å². The number of carbonyl (C=O) groups is 2. The number of aliphatic hydroxyl groups excluding tert-OH is 1. The summed E-state index contributed by atoms with van der Waals surface area (Å²) in [4.78, 5) is 25.0. The molecule has 22 heavy (non-hydrogen) atoms. The molecule has 0 saturated heterocycles. The van der Waals surface area contributed by atoms with E-state index in [0.717, 1.165) is 32.1 Å². The third-order valence-corrected chi connectivity index (χ3v) is 8.17. The molecule has 122 valence electrons. The fourth-order valence-corrected chi connectivity index (χ4v) is 6.77. The zero-order valence-electron chi connectivity index (χ0n) is 13.8. The molecule has 7 atom stereocenters. The summed E-state index contributed by atoms with van der Waals surface area (Å²) in [6, 6.07) is 0. The van der Waals surface area contributed by atoms with E-state index in [0.29, 0.717) is 48.6 Å². The SMILES string of the molecule is C[C@]12CC(=O)CC[C@@H]1CC(=O)[C@H]1[C@H]2CC[C@]2(C)[C@@H](O)CC[C@@H]12. The molecule has 0 aromatic rings. The van der Waals surface area contributed by atoms with Crippen LogP contribution in [-0.4, -0.2) is 22.8 Å². The quantitative estimate of drug-likeness (QED) is 0.748. The summed E-state index contributed by atoms with van der Waals surface area (Å²) in [6.45, 7) is 4.48. The Balaban J connectivity index is 1.72. The van der Waals surface area contributed by atoms with Gasteiger partial charge in [0.15, 0.2) is 0 Å². The molecule has 0 unspecified atom stereocenters. The molecule has 0 amide bonds. The van der Waals surface area contributed by atoms with Gasteiger partial charge in [-0.25, -0.2) is 0 Å². The lowest BCUT2D eigenvalue weighted by atomic mass is 9.45. The number of fused-ring (bicyclic) bond motifs is 5. The van der Waals surface area contributed by atoms with Crippen LogP contribution >= 0.6 is 0 Å². The van der Waals surface area contributed by atoms with Crippen LogP contribution in [-0.2, 0) is 9.59 Å². The first-order valence-electron chi connectivity index (χ1n) is 9.09. The van der Waals surface area contributed by atoms with Crippen molar-refractivity contribution in [1.82, 2.24) is 0 Å². The van der Waals surface area contributed by atoms with Gasteiger partial charge in [-0.3, -0.25) is 9.59 Å². The summed E-state index contributed by atoms with van der Waals surface area (Å²) >= 11 is 0. The van der Waals surface area contributed by atoms with Crippen LogP contribution < -0.4 is 0 Å². The molecular weight excluding hydrogens is 276 g/mol. The predicted molar refractivity (Wildman–Crippen MR) is 83.1 cm³/mol. The summed E-state index contributed by atoms with van der Waals surface area (Å²) < 4.78 is 0. The normalized spacial score (nSPS) is 54.6. The van der Waals surface area contributed by atoms with Gasteiger partial charge in [0.1, 0.15) is 11.6 Å². The van der Waals surface area contributed by atoms with Crippen molar-refractivity contribution in [2.45, 2.75) is 71.3 Å². The number of aliphatic hydroxyl groups is 1.